The number of methoxy groups -OCH3 is 1. The van der Waals surface area contributed by atoms with Gasteiger partial charge in [0.05, 0.1) is 18.2 Å². The number of aryl methyl sites for hydroxylation is 1. The second-order valence-corrected chi connectivity index (χ2v) is 6.70. The van der Waals surface area contributed by atoms with Crippen LogP contribution >= 0.6 is 0 Å². The second-order valence-electron chi connectivity index (χ2n) is 6.70. The highest BCUT2D eigenvalue weighted by Gasteiger charge is 2.20. The summed E-state index contributed by atoms with van der Waals surface area (Å²) in [4.78, 5) is 21.3. The number of para-hydroxylation sites is 2. The molecule has 3 aromatic carbocycles. The molecule has 0 amide bonds. The summed E-state index contributed by atoms with van der Waals surface area (Å²) in [5.74, 6) is 0.436. The molecule has 150 valence electrons. The van der Waals surface area contributed by atoms with E-state index in [1.807, 2.05) is 49.4 Å². The van der Waals surface area contributed by atoms with Crippen molar-refractivity contribution in [2.75, 3.05) is 7.11 Å². The highest BCUT2D eigenvalue weighted by atomic mass is 16.5. The maximum Gasteiger partial charge on any atom is 0.340 e. The lowest BCUT2D eigenvalue weighted by Gasteiger charge is -1.97. The summed E-state index contributed by atoms with van der Waals surface area (Å²) in [6.45, 7) is 2.02. The van der Waals surface area contributed by atoms with E-state index in [-0.39, 0.29) is 7.43 Å². The van der Waals surface area contributed by atoms with E-state index in [2.05, 4.69) is 9.97 Å². The molecule has 0 saturated heterocycles. The molecule has 0 saturated carbocycles. The molecule has 0 bridgehead atoms. The zero-order chi connectivity index (χ0) is 20.0. The predicted octanol–water partition coefficient (Wildman–Crippen LogP) is 6.03. The molecule has 0 spiro atoms. The van der Waals surface area contributed by atoms with E-state index in [0.29, 0.717) is 45.1 Å². The van der Waals surface area contributed by atoms with Gasteiger partial charge in [-0.25, -0.2) is 14.8 Å². The summed E-state index contributed by atoms with van der Waals surface area (Å²) in [6, 6.07) is 18.7. The van der Waals surface area contributed by atoms with E-state index in [9.17, 15) is 4.79 Å². The van der Waals surface area contributed by atoms with Crippen LogP contribution in [0.3, 0.4) is 0 Å². The van der Waals surface area contributed by atoms with Gasteiger partial charge in [0.1, 0.15) is 11.0 Å². The molecule has 0 N–H and O–H groups in total. The lowest BCUT2D eigenvalue weighted by atomic mass is 10.1. The molecule has 6 heteroatoms. The van der Waals surface area contributed by atoms with Gasteiger partial charge in [-0.1, -0.05) is 37.3 Å². The van der Waals surface area contributed by atoms with Crippen LogP contribution < -0.4 is 0 Å². The minimum atomic E-state index is -0.461. The van der Waals surface area contributed by atoms with Gasteiger partial charge in [-0.05, 0) is 43.3 Å². The topological polar surface area (TPSA) is 78.4 Å². The molecule has 0 aliphatic heterocycles. The summed E-state index contributed by atoms with van der Waals surface area (Å²) in [5, 5.41) is 0. The first kappa shape index (κ1) is 19.4. The molecule has 2 heterocycles. The first-order chi connectivity index (χ1) is 14.1. The normalized spacial score (nSPS) is 10.9. The van der Waals surface area contributed by atoms with Gasteiger partial charge in [0.15, 0.2) is 11.2 Å². The van der Waals surface area contributed by atoms with Gasteiger partial charge >= 0.3 is 5.97 Å². The fourth-order valence-electron chi connectivity index (χ4n) is 3.36. The molecule has 0 fully saturated rings. The van der Waals surface area contributed by atoms with Crippen molar-refractivity contribution in [3.63, 3.8) is 0 Å². The molecule has 0 atom stereocenters. The van der Waals surface area contributed by atoms with Crippen LogP contribution in [0.25, 0.3) is 45.1 Å². The Balaban J connectivity index is 0.00000218. The largest absolute Gasteiger partial charge is 0.465 e. The smallest absolute Gasteiger partial charge is 0.340 e. The van der Waals surface area contributed by atoms with Gasteiger partial charge in [-0.15, -0.1) is 0 Å². The lowest BCUT2D eigenvalue weighted by Crippen LogP contribution is -2.01. The van der Waals surface area contributed by atoms with Crippen molar-refractivity contribution < 1.29 is 18.4 Å². The number of fused-ring (bicyclic) bond motifs is 2. The van der Waals surface area contributed by atoms with Gasteiger partial charge in [-0.2, -0.15) is 0 Å². The van der Waals surface area contributed by atoms with Crippen molar-refractivity contribution >= 4 is 28.2 Å². The number of nitrogens with zero attached hydrogens (tertiary/aromatic N) is 2. The number of hydrogen-bond donors (Lipinski definition) is 0. The molecule has 6 nitrogen and oxygen atoms in total. The Morgan fingerprint density at radius 2 is 1.53 bits per heavy atom. The molecule has 0 unspecified atom stereocenters. The number of aromatic nitrogens is 2. The first-order valence-electron chi connectivity index (χ1n) is 9.09. The van der Waals surface area contributed by atoms with Crippen LogP contribution in [0.4, 0.5) is 0 Å². The molecule has 0 aliphatic carbocycles. The number of benzene rings is 3. The Labute approximate surface area is 173 Å². The molecule has 2 aromatic heterocycles. The monoisotopic (exact) mass is 400 g/mol. The maximum atomic E-state index is 12.0. The van der Waals surface area contributed by atoms with Crippen LogP contribution in [0.5, 0.6) is 0 Å². The average molecular weight is 400 g/mol. The van der Waals surface area contributed by atoms with Crippen molar-refractivity contribution in [2.45, 2.75) is 14.4 Å². The summed E-state index contributed by atoms with van der Waals surface area (Å²) in [6.07, 6.45) is 0. The Morgan fingerprint density at radius 3 is 2.30 bits per heavy atom. The van der Waals surface area contributed by atoms with Crippen LogP contribution in [-0.4, -0.2) is 23.0 Å². The van der Waals surface area contributed by atoms with Crippen molar-refractivity contribution in [1.82, 2.24) is 9.97 Å². The molecule has 0 radical (unpaired) electrons. The van der Waals surface area contributed by atoms with Crippen molar-refractivity contribution in [3.8, 4) is 22.9 Å². The molecular weight excluding hydrogens is 380 g/mol. The third-order valence-corrected chi connectivity index (χ3v) is 4.74. The number of hydrogen-bond acceptors (Lipinski definition) is 6. The second kappa shape index (κ2) is 7.48. The van der Waals surface area contributed by atoms with E-state index in [4.69, 9.17) is 13.6 Å². The highest BCUT2D eigenvalue weighted by Crippen LogP contribution is 2.33. The molecule has 5 aromatic rings. The van der Waals surface area contributed by atoms with Gasteiger partial charge in [-0.3, -0.25) is 0 Å². The van der Waals surface area contributed by atoms with Crippen LogP contribution in [-0.2, 0) is 4.74 Å². The Bertz CT molecular complexity index is 1380. The van der Waals surface area contributed by atoms with Gasteiger partial charge in [0.2, 0.25) is 11.8 Å². The van der Waals surface area contributed by atoms with E-state index < -0.39 is 5.97 Å². The summed E-state index contributed by atoms with van der Waals surface area (Å²) in [5.41, 5.74) is 5.31. The summed E-state index contributed by atoms with van der Waals surface area (Å²) in [7, 11) is 1.34. The van der Waals surface area contributed by atoms with Gasteiger partial charge in [0, 0.05) is 5.56 Å². The minimum absolute atomic E-state index is 0. The number of rotatable bonds is 3. The fourth-order valence-corrected chi connectivity index (χ4v) is 3.36. The van der Waals surface area contributed by atoms with Gasteiger partial charge in [0.25, 0.3) is 0 Å². The van der Waals surface area contributed by atoms with E-state index in [1.54, 1.807) is 18.2 Å². The van der Waals surface area contributed by atoms with Crippen molar-refractivity contribution in [1.29, 1.82) is 0 Å². The average Bonchev–Trinajstić information content (AvgIpc) is 3.37. The van der Waals surface area contributed by atoms with E-state index in [0.717, 1.165) is 11.1 Å². The van der Waals surface area contributed by atoms with Crippen molar-refractivity contribution in [2.24, 2.45) is 0 Å². The van der Waals surface area contributed by atoms with Gasteiger partial charge < -0.3 is 13.6 Å². The van der Waals surface area contributed by atoms with Crippen LogP contribution in [0, 0.1) is 6.92 Å². The van der Waals surface area contributed by atoms with Crippen LogP contribution in [0.1, 0.15) is 23.3 Å². The van der Waals surface area contributed by atoms with E-state index >= 15 is 0 Å². The third kappa shape index (κ3) is 3.12. The third-order valence-electron chi connectivity index (χ3n) is 4.74. The Kier molecular flexibility index (Phi) is 4.83. The van der Waals surface area contributed by atoms with Crippen LogP contribution in [0.2, 0.25) is 0 Å². The van der Waals surface area contributed by atoms with E-state index in [1.165, 1.54) is 7.11 Å². The lowest BCUT2D eigenvalue weighted by molar-refractivity contribution is 0.0602. The minimum Gasteiger partial charge on any atom is -0.465 e. The number of esters is 1. The standard InChI is InChI=1S/C23H16N2O4.CH4/c1-13-6-3-7-14(12-13)21-24-19-15(8-4-10-17(19)28-21)22-25-20-16(23(26)27-2)9-5-11-18(20)29-22;/h3-12H,1-2H3;1H4. The zero-order valence-corrected chi connectivity index (χ0v) is 15.8. The number of ether oxygens (including phenoxy) is 1. The molecule has 30 heavy (non-hydrogen) atoms. The van der Waals surface area contributed by atoms with Crippen LogP contribution in [0.15, 0.2) is 69.5 Å². The van der Waals surface area contributed by atoms with Crippen molar-refractivity contribution in [3.05, 3.63) is 71.8 Å². The highest BCUT2D eigenvalue weighted by molar-refractivity contribution is 6.02. The molecule has 5 rings (SSSR count). The predicted molar refractivity (Wildman–Crippen MR) is 115 cm³/mol. The zero-order valence-electron chi connectivity index (χ0n) is 15.8. The fraction of sp³-hybridized carbons (Fsp3) is 0.125. The number of oxazole rings is 2. The maximum absolute atomic E-state index is 12.0. The Hall–Kier alpha value is -3.93. The summed E-state index contributed by atoms with van der Waals surface area (Å²) >= 11 is 0. The number of carbonyl (C=O) groups excluding carboxylic acids is 1. The number of carbonyl (C=O) groups is 1. The molecule has 0 aliphatic rings. The summed E-state index contributed by atoms with van der Waals surface area (Å²) < 4.78 is 16.7. The Morgan fingerprint density at radius 1 is 0.867 bits per heavy atom. The SMILES string of the molecule is C.COC(=O)c1cccc2oc(-c3cccc4oc(-c5cccc(C)c5)nc34)nc12. The quantitative estimate of drug-likeness (QED) is 0.344. The molecular formula is C24H20N2O4. The first-order valence-corrected chi connectivity index (χ1v) is 9.09.